The van der Waals surface area contributed by atoms with Gasteiger partial charge in [0.1, 0.15) is 0 Å². The largest absolute Gasteiger partial charge is 0.376 e. The molecular weight excluding hydrogens is 272 g/mol. The highest BCUT2D eigenvalue weighted by molar-refractivity contribution is 7.80. The van der Waals surface area contributed by atoms with Crippen molar-refractivity contribution in [2.24, 2.45) is 5.10 Å². The first-order valence-corrected chi connectivity index (χ1v) is 6.87. The number of hydrogen-bond donors (Lipinski definition) is 2. The van der Waals surface area contributed by atoms with Crippen molar-refractivity contribution in [3.8, 4) is 6.07 Å². The highest BCUT2D eigenvalue weighted by Gasteiger charge is 2.14. The summed E-state index contributed by atoms with van der Waals surface area (Å²) in [5.74, 6) is 0. The van der Waals surface area contributed by atoms with Crippen LogP contribution in [0.15, 0.2) is 29.4 Å². The molecule has 1 heterocycles. The van der Waals surface area contributed by atoms with Gasteiger partial charge in [-0.15, -0.1) is 0 Å². The van der Waals surface area contributed by atoms with E-state index in [4.69, 9.17) is 22.2 Å². The zero-order chi connectivity index (χ0) is 14.2. The van der Waals surface area contributed by atoms with Crippen molar-refractivity contribution < 1.29 is 4.74 Å². The smallest absolute Gasteiger partial charge is 0.187 e. The third-order valence-electron chi connectivity index (χ3n) is 2.93. The average Bonchev–Trinajstić information content (AvgIpc) is 2.99. The van der Waals surface area contributed by atoms with Gasteiger partial charge in [-0.3, -0.25) is 5.43 Å². The Kier molecular flexibility index (Phi) is 5.47. The molecule has 0 amide bonds. The summed E-state index contributed by atoms with van der Waals surface area (Å²) in [5, 5.41) is 16.3. The highest BCUT2D eigenvalue weighted by Crippen LogP contribution is 2.10. The maximum atomic E-state index is 8.69. The van der Waals surface area contributed by atoms with Gasteiger partial charge in [-0.1, -0.05) is 12.1 Å². The van der Waals surface area contributed by atoms with Crippen molar-refractivity contribution in [1.82, 2.24) is 10.7 Å². The minimum atomic E-state index is 0.247. The Morgan fingerprint density at radius 1 is 1.50 bits per heavy atom. The summed E-state index contributed by atoms with van der Waals surface area (Å²) in [6, 6.07) is 9.21. The summed E-state index contributed by atoms with van der Waals surface area (Å²) >= 11 is 5.11. The number of hydrazone groups is 1. The van der Waals surface area contributed by atoms with Crippen LogP contribution in [0.3, 0.4) is 0 Å². The van der Waals surface area contributed by atoms with Gasteiger partial charge in [0.05, 0.1) is 24.0 Å². The molecule has 1 atom stereocenters. The molecule has 1 fully saturated rings. The van der Waals surface area contributed by atoms with Crippen LogP contribution in [0.25, 0.3) is 0 Å². The monoisotopic (exact) mass is 288 g/mol. The van der Waals surface area contributed by atoms with E-state index in [0.717, 1.165) is 25.0 Å². The van der Waals surface area contributed by atoms with E-state index in [1.165, 1.54) is 0 Å². The Balaban J connectivity index is 1.71. The molecule has 1 aromatic carbocycles. The van der Waals surface area contributed by atoms with Gasteiger partial charge >= 0.3 is 0 Å². The minimum absolute atomic E-state index is 0.247. The molecule has 0 bridgehead atoms. The third kappa shape index (κ3) is 4.61. The number of thiocarbonyl (C=S) groups is 1. The number of ether oxygens (including phenoxy) is 1. The molecule has 0 spiro atoms. The summed E-state index contributed by atoms with van der Waals surface area (Å²) < 4.78 is 5.48. The first-order chi connectivity index (χ1) is 9.78. The fourth-order valence-corrected chi connectivity index (χ4v) is 2.00. The summed E-state index contributed by atoms with van der Waals surface area (Å²) in [6.45, 7) is 1.54. The SMILES string of the molecule is N#Cc1ccc(/C=N/NC(=S)NCC2CCCO2)cc1. The number of nitrogens with zero attached hydrogens (tertiary/aromatic N) is 2. The molecule has 20 heavy (non-hydrogen) atoms. The Morgan fingerprint density at radius 3 is 2.95 bits per heavy atom. The predicted octanol–water partition coefficient (Wildman–Crippen LogP) is 1.54. The van der Waals surface area contributed by atoms with E-state index in [1.54, 1.807) is 18.3 Å². The summed E-state index contributed by atoms with van der Waals surface area (Å²) in [6.07, 6.45) is 4.09. The van der Waals surface area contributed by atoms with Gasteiger partial charge in [-0.05, 0) is 42.8 Å². The molecule has 6 heteroatoms. The van der Waals surface area contributed by atoms with E-state index in [-0.39, 0.29) is 6.10 Å². The van der Waals surface area contributed by atoms with Gasteiger partial charge in [0, 0.05) is 13.2 Å². The van der Waals surface area contributed by atoms with Gasteiger partial charge in [0.15, 0.2) is 5.11 Å². The van der Waals surface area contributed by atoms with E-state index in [0.29, 0.717) is 17.2 Å². The normalized spacial score (nSPS) is 17.9. The maximum absolute atomic E-state index is 8.69. The summed E-state index contributed by atoms with van der Waals surface area (Å²) in [5.41, 5.74) is 4.28. The first-order valence-electron chi connectivity index (χ1n) is 6.46. The van der Waals surface area contributed by atoms with E-state index in [9.17, 15) is 0 Å². The Morgan fingerprint density at radius 2 is 2.30 bits per heavy atom. The van der Waals surface area contributed by atoms with E-state index in [2.05, 4.69) is 21.9 Å². The van der Waals surface area contributed by atoms with E-state index >= 15 is 0 Å². The van der Waals surface area contributed by atoms with E-state index in [1.807, 2.05) is 12.1 Å². The second-order valence-corrected chi connectivity index (χ2v) is 4.86. The van der Waals surface area contributed by atoms with Crippen molar-refractivity contribution in [1.29, 1.82) is 5.26 Å². The van der Waals surface area contributed by atoms with Crippen molar-refractivity contribution >= 4 is 23.5 Å². The number of rotatable bonds is 4. The molecule has 0 aromatic heterocycles. The molecule has 5 nitrogen and oxygen atoms in total. The zero-order valence-corrected chi connectivity index (χ0v) is 11.8. The predicted molar refractivity (Wildman–Crippen MR) is 81.5 cm³/mol. The van der Waals surface area contributed by atoms with Crippen LogP contribution in [-0.4, -0.2) is 30.6 Å². The lowest BCUT2D eigenvalue weighted by atomic mass is 10.2. The van der Waals surface area contributed by atoms with Crippen LogP contribution in [-0.2, 0) is 4.74 Å². The first kappa shape index (κ1) is 14.4. The Bertz CT molecular complexity index is 515. The maximum Gasteiger partial charge on any atom is 0.187 e. The summed E-state index contributed by atoms with van der Waals surface area (Å²) in [4.78, 5) is 0. The second-order valence-electron chi connectivity index (χ2n) is 4.45. The quantitative estimate of drug-likeness (QED) is 0.499. The molecule has 1 aromatic rings. The highest BCUT2D eigenvalue weighted by atomic mass is 32.1. The standard InChI is InChI=1S/C14H16N4OS/c15-8-11-3-5-12(6-4-11)9-17-18-14(20)16-10-13-2-1-7-19-13/h3-6,9,13H,1-2,7,10H2,(H2,16,18,20)/b17-9+. The molecular formula is C14H16N4OS. The number of nitrogens with one attached hydrogen (secondary N) is 2. The molecule has 0 radical (unpaired) electrons. The molecule has 1 unspecified atom stereocenters. The second kappa shape index (κ2) is 7.58. The lowest BCUT2D eigenvalue weighted by Crippen LogP contribution is -2.37. The van der Waals surface area contributed by atoms with Crippen molar-refractivity contribution in [3.05, 3.63) is 35.4 Å². The number of benzene rings is 1. The van der Waals surface area contributed by atoms with Crippen LogP contribution in [0.4, 0.5) is 0 Å². The molecule has 2 rings (SSSR count). The average molecular weight is 288 g/mol. The van der Waals surface area contributed by atoms with Crippen molar-refractivity contribution in [3.63, 3.8) is 0 Å². The van der Waals surface area contributed by atoms with Crippen LogP contribution >= 0.6 is 12.2 Å². The molecule has 1 aliphatic rings. The Hall–Kier alpha value is -1.97. The van der Waals surface area contributed by atoms with Gasteiger partial charge in [-0.2, -0.15) is 10.4 Å². The van der Waals surface area contributed by atoms with Crippen LogP contribution in [0.1, 0.15) is 24.0 Å². The molecule has 1 aliphatic heterocycles. The lowest BCUT2D eigenvalue weighted by Gasteiger charge is -2.11. The Labute approximate surface area is 123 Å². The van der Waals surface area contributed by atoms with Crippen LogP contribution in [0.2, 0.25) is 0 Å². The summed E-state index contributed by atoms with van der Waals surface area (Å²) in [7, 11) is 0. The third-order valence-corrected chi connectivity index (χ3v) is 3.17. The molecule has 0 aliphatic carbocycles. The number of nitriles is 1. The van der Waals surface area contributed by atoms with Crippen molar-refractivity contribution in [2.45, 2.75) is 18.9 Å². The van der Waals surface area contributed by atoms with Crippen LogP contribution < -0.4 is 10.7 Å². The van der Waals surface area contributed by atoms with E-state index < -0.39 is 0 Å². The zero-order valence-electron chi connectivity index (χ0n) is 11.0. The molecule has 1 saturated heterocycles. The molecule has 104 valence electrons. The topological polar surface area (TPSA) is 69.4 Å². The van der Waals surface area contributed by atoms with Crippen molar-refractivity contribution in [2.75, 3.05) is 13.2 Å². The van der Waals surface area contributed by atoms with Crippen LogP contribution in [0.5, 0.6) is 0 Å². The fourth-order valence-electron chi connectivity index (χ4n) is 1.86. The molecule has 0 saturated carbocycles. The minimum Gasteiger partial charge on any atom is -0.376 e. The number of hydrogen-bond acceptors (Lipinski definition) is 4. The van der Waals surface area contributed by atoms with Gasteiger partial charge < -0.3 is 10.1 Å². The van der Waals surface area contributed by atoms with Gasteiger partial charge in [0.2, 0.25) is 0 Å². The fraction of sp³-hybridized carbons (Fsp3) is 0.357. The van der Waals surface area contributed by atoms with Gasteiger partial charge in [0.25, 0.3) is 0 Å². The van der Waals surface area contributed by atoms with Crippen LogP contribution in [0, 0.1) is 11.3 Å². The molecule has 2 N–H and O–H groups in total. The van der Waals surface area contributed by atoms with Gasteiger partial charge in [-0.25, -0.2) is 0 Å². The lowest BCUT2D eigenvalue weighted by molar-refractivity contribution is 0.114.